The van der Waals surface area contributed by atoms with Crippen molar-refractivity contribution in [1.82, 2.24) is 4.98 Å². The number of fused-ring (bicyclic) bond motifs is 1. The highest BCUT2D eigenvalue weighted by atomic mass is 79.9. The Morgan fingerprint density at radius 1 is 1.47 bits per heavy atom. The molecule has 0 atom stereocenters. The van der Waals surface area contributed by atoms with Crippen molar-refractivity contribution in [2.45, 2.75) is 18.8 Å². The van der Waals surface area contributed by atoms with E-state index < -0.39 is 0 Å². The monoisotopic (exact) mass is 283 g/mol. The van der Waals surface area contributed by atoms with E-state index in [-0.39, 0.29) is 0 Å². The topological polar surface area (TPSA) is 22.1 Å². The largest absolute Gasteiger partial charge is 0.494 e. The first-order chi connectivity index (χ1) is 7.29. The van der Waals surface area contributed by atoms with Gasteiger partial charge in [-0.1, -0.05) is 0 Å². The van der Waals surface area contributed by atoms with Gasteiger partial charge in [0.1, 0.15) is 11.3 Å². The van der Waals surface area contributed by atoms with Crippen LogP contribution in [0.3, 0.4) is 0 Å². The normalized spacial score (nSPS) is 15.9. The second-order valence-electron chi connectivity index (χ2n) is 3.75. The molecular weight excluding hydrogens is 274 g/mol. The third-order valence-corrected chi connectivity index (χ3v) is 4.80. The van der Waals surface area contributed by atoms with E-state index in [0.717, 1.165) is 15.7 Å². The van der Waals surface area contributed by atoms with E-state index in [9.17, 15) is 0 Å². The molecule has 15 heavy (non-hydrogen) atoms. The van der Waals surface area contributed by atoms with Crippen LogP contribution >= 0.6 is 27.3 Å². The Labute approximate surface area is 100 Å². The summed E-state index contributed by atoms with van der Waals surface area (Å²) in [6.45, 7) is 0. The molecule has 3 rings (SSSR count). The number of aromatic nitrogens is 1. The Morgan fingerprint density at radius 2 is 2.27 bits per heavy atom. The molecule has 0 spiro atoms. The molecule has 1 heterocycles. The van der Waals surface area contributed by atoms with Crippen molar-refractivity contribution in [3.8, 4) is 5.75 Å². The molecule has 2 aromatic rings. The summed E-state index contributed by atoms with van der Waals surface area (Å²) in [6, 6.07) is 3.98. The smallest absolute Gasteiger partial charge is 0.146 e. The fraction of sp³-hybridized carbons (Fsp3) is 0.364. The van der Waals surface area contributed by atoms with Crippen LogP contribution in [0.15, 0.2) is 16.6 Å². The maximum atomic E-state index is 5.32. The minimum Gasteiger partial charge on any atom is -0.494 e. The maximum absolute atomic E-state index is 5.32. The molecule has 78 valence electrons. The van der Waals surface area contributed by atoms with Gasteiger partial charge in [0.2, 0.25) is 0 Å². The third-order valence-electron chi connectivity index (χ3n) is 2.62. The van der Waals surface area contributed by atoms with E-state index >= 15 is 0 Å². The van der Waals surface area contributed by atoms with Crippen molar-refractivity contribution in [2.24, 2.45) is 0 Å². The van der Waals surface area contributed by atoms with Crippen LogP contribution in [0.4, 0.5) is 0 Å². The van der Waals surface area contributed by atoms with Crippen LogP contribution in [-0.4, -0.2) is 12.1 Å². The highest BCUT2D eigenvalue weighted by Crippen LogP contribution is 2.45. The van der Waals surface area contributed by atoms with Crippen molar-refractivity contribution < 1.29 is 4.74 Å². The van der Waals surface area contributed by atoms with E-state index in [4.69, 9.17) is 4.74 Å². The van der Waals surface area contributed by atoms with Crippen LogP contribution in [-0.2, 0) is 0 Å². The predicted octanol–water partition coefficient (Wildman–Crippen LogP) is 3.94. The number of thiazole rings is 1. The lowest BCUT2D eigenvalue weighted by molar-refractivity contribution is 0.419. The number of rotatable bonds is 2. The Kier molecular flexibility index (Phi) is 2.21. The molecule has 1 aromatic carbocycles. The molecular formula is C11H10BrNOS. The van der Waals surface area contributed by atoms with E-state index in [0.29, 0.717) is 5.92 Å². The van der Waals surface area contributed by atoms with Gasteiger partial charge in [0.05, 0.1) is 16.8 Å². The van der Waals surface area contributed by atoms with Gasteiger partial charge in [-0.25, -0.2) is 4.98 Å². The summed E-state index contributed by atoms with van der Waals surface area (Å²) in [5.41, 5.74) is 0.999. The molecule has 4 heteroatoms. The minimum absolute atomic E-state index is 0.707. The number of halogens is 1. The summed E-state index contributed by atoms with van der Waals surface area (Å²) >= 11 is 5.34. The summed E-state index contributed by atoms with van der Waals surface area (Å²) in [6.07, 6.45) is 2.58. The second-order valence-corrected chi connectivity index (χ2v) is 5.64. The fourth-order valence-corrected chi connectivity index (χ4v) is 3.36. The molecule has 1 fully saturated rings. The highest BCUT2D eigenvalue weighted by Gasteiger charge is 2.27. The zero-order chi connectivity index (χ0) is 10.4. The van der Waals surface area contributed by atoms with Crippen LogP contribution in [0.25, 0.3) is 10.2 Å². The van der Waals surface area contributed by atoms with E-state index in [2.05, 4.69) is 20.9 Å². The van der Waals surface area contributed by atoms with Gasteiger partial charge in [0.15, 0.2) is 0 Å². The molecule has 0 aliphatic heterocycles. The minimum atomic E-state index is 0.707. The van der Waals surface area contributed by atoms with Crippen molar-refractivity contribution in [3.05, 3.63) is 21.6 Å². The van der Waals surface area contributed by atoms with Gasteiger partial charge in [0, 0.05) is 10.4 Å². The lowest BCUT2D eigenvalue weighted by Crippen LogP contribution is -1.84. The predicted molar refractivity (Wildman–Crippen MR) is 65.8 cm³/mol. The van der Waals surface area contributed by atoms with E-state index in [1.54, 1.807) is 18.4 Å². The SMILES string of the molecule is COc1ccc(Br)c2sc(C3CC3)nc12. The number of ether oxygens (including phenoxy) is 1. The molecule has 0 amide bonds. The van der Waals surface area contributed by atoms with Crippen molar-refractivity contribution >= 4 is 37.5 Å². The molecule has 1 aliphatic carbocycles. The molecule has 1 aromatic heterocycles. The van der Waals surface area contributed by atoms with Crippen LogP contribution in [0.2, 0.25) is 0 Å². The summed E-state index contributed by atoms with van der Waals surface area (Å²) in [7, 11) is 1.69. The van der Waals surface area contributed by atoms with Crippen LogP contribution < -0.4 is 4.74 Å². The maximum Gasteiger partial charge on any atom is 0.146 e. The Hall–Kier alpha value is -0.610. The van der Waals surface area contributed by atoms with Gasteiger partial charge < -0.3 is 4.74 Å². The molecule has 0 bridgehead atoms. The van der Waals surface area contributed by atoms with Gasteiger partial charge in [-0.3, -0.25) is 0 Å². The first-order valence-electron chi connectivity index (χ1n) is 4.92. The van der Waals surface area contributed by atoms with Gasteiger partial charge in [-0.05, 0) is 40.9 Å². The number of methoxy groups -OCH3 is 1. The van der Waals surface area contributed by atoms with Crippen LogP contribution in [0.1, 0.15) is 23.8 Å². The van der Waals surface area contributed by atoms with E-state index in [1.807, 2.05) is 12.1 Å². The van der Waals surface area contributed by atoms with Gasteiger partial charge in [-0.2, -0.15) is 0 Å². The summed E-state index contributed by atoms with van der Waals surface area (Å²) in [4.78, 5) is 4.67. The molecule has 1 aliphatic rings. The second kappa shape index (κ2) is 3.46. The van der Waals surface area contributed by atoms with Crippen molar-refractivity contribution in [2.75, 3.05) is 7.11 Å². The number of benzene rings is 1. The number of hydrogen-bond donors (Lipinski definition) is 0. The van der Waals surface area contributed by atoms with Crippen LogP contribution in [0.5, 0.6) is 5.75 Å². The lowest BCUT2D eigenvalue weighted by atomic mass is 10.3. The van der Waals surface area contributed by atoms with Crippen LogP contribution in [0, 0.1) is 0 Å². The highest BCUT2D eigenvalue weighted by molar-refractivity contribution is 9.10. The molecule has 1 saturated carbocycles. The molecule has 0 N–H and O–H groups in total. The molecule has 0 saturated heterocycles. The molecule has 2 nitrogen and oxygen atoms in total. The average molecular weight is 284 g/mol. The zero-order valence-corrected chi connectivity index (χ0v) is 10.7. The molecule has 0 radical (unpaired) electrons. The first kappa shape index (κ1) is 9.60. The number of hydrogen-bond acceptors (Lipinski definition) is 3. The Balaban J connectivity index is 2.25. The Morgan fingerprint density at radius 3 is 2.93 bits per heavy atom. The van der Waals surface area contributed by atoms with E-state index in [1.165, 1.54) is 22.5 Å². The molecule has 0 unspecified atom stereocenters. The summed E-state index contributed by atoms with van der Waals surface area (Å²) in [5, 5.41) is 1.26. The lowest BCUT2D eigenvalue weighted by Gasteiger charge is -2.00. The fourth-order valence-electron chi connectivity index (χ4n) is 1.64. The van der Waals surface area contributed by atoms with Gasteiger partial charge in [-0.15, -0.1) is 11.3 Å². The summed E-state index contributed by atoms with van der Waals surface area (Å²) < 4.78 is 7.64. The number of nitrogens with zero attached hydrogens (tertiary/aromatic N) is 1. The van der Waals surface area contributed by atoms with Gasteiger partial charge >= 0.3 is 0 Å². The Bertz CT molecular complexity index is 519. The quantitative estimate of drug-likeness (QED) is 0.833. The van der Waals surface area contributed by atoms with Crippen molar-refractivity contribution in [1.29, 1.82) is 0 Å². The van der Waals surface area contributed by atoms with Gasteiger partial charge in [0.25, 0.3) is 0 Å². The average Bonchev–Trinajstić information content (AvgIpc) is 2.99. The standard InChI is InChI=1S/C11H10BrNOS/c1-14-8-5-4-7(12)10-9(8)13-11(15-10)6-2-3-6/h4-6H,2-3H2,1H3. The zero-order valence-electron chi connectivity index (χ0n) is 8.29. The first-order valence-corrected chi connectivity index (χ1v) is 6.53. The van der Waals surface area contributed by atoms with Crippen molar-refractivity contribution in [3.63, 3.8) is 0 Å². The summed E-state index contributed by atoms with van der Waals surface area (Å²) in [5.74, 6) is 1.58. The third kappa shape index (κ3) is 1.56.